The highest BCUT2D eigenvalue weighted by atomic mass is 32.1. The Labute approximate surface area is 84.1 Å². The summed E-state index contributed by atoms with van der Waals surface area (Å²) in [4.78, 5) is 4.45. The summed E-state index contributed by atoms with van der Waals surface area (Å²) in [5.74, 6) is 0. The van der Waals surface area contributed by atoms with Crippen molar-refractivity contribution in [1.82, 2.24) is 9.55 Å². The molecule has 1 heterocycles. The van der Waals surface area contributed by atoms with Crippen LogP contribution in [0.2, 0.25) is 0 Å². The Morgan fingerprint density at radius 1 is 1.46 bits per heavy atom. The first-order chi connectivity index (χ1) is 6.33. The van der Waals surface area contributed by atoms with Gasteiger partial charge >= 0.3 is 0 Å². The van der Waals surface area contributed by atoms with Gasteiger partial charge in [-0.15, -0.1) is 19.2 Å². The molecule has 70 valence electrons. The normalized spacial score (nSPS) is 15.5. The predicted octanol–water partition coefficient (Wildman–Crippen LogP) is 2.24. The van der Waals surface area contributed by atoms with Crippen molar-refractivity contribution < 1.29 is 0 Å². The number of aryl methyl sites for hydroxylation is 1. The minimum absolute atomic E-state index is 0.834. The first-order valence-corrected chi connectivity index (χ1v) is 5.16. The Kier molecular flexibility index (Phi) is 2.44. The minimum atomic E-state index is 0.834. The van der Waals surface area contributed by atoms with Crippen LogP contribution in [-0.4, -0.2) is 9.55 Å². The lowest BCUT2D eigenvalue weighted by Gasteiger charge is -2.12. The number of fused-ring (bicyclic) bond motifs is 1. The number of hydrogen-bond donors (Lipinski definition) is 1. The van der Waals surface area contributed by atoms with E-state index in [-0.39, 0.29) is 0 Å². The van der Waals surface area contributed by atoms with Gasteiger partial charge in [0.2, 0.25) is 0 Å². The number of hydrogen-bond acceptors (Lipinski definition) is 2. The molecule has 0 atom stereocenters. The summed E-state index contributed by atoms with van der Waals surface area (Å²) < 4.78 is 2.16. The molecule has 0 aliphatic heterocycles. The largest absolute Gasteiger partial charge is 0.319 e. The summed E-state index contributed by atoms with van der Waals surface area (Å²) >= 11 is 4.36. The zero-order valence-electron chi connectivity index (χ0n) is 7.66. The van der Waals surface area contributed by atoms with Crippen molar-refractivity contribution in [3.63, 3.8) is 0 Å². The molecule has 1 aliphatic rings. The number of aromatic nitrogens is 2. The molecule has 1 aliphatic carbocycles. The van der Waals surface area contributed by atoms with Crippen molar-refractivity contribution in [3.8, 4) is 0 Å². The van der Waals surface area contributed by atoms with Crippen LogP contribution in [0.1, 0.15) is 24.2 Å². The Bertz CT molecular complexity index is 328. The molecule has 2 nitrogen and oxygen atoms in total. The first-order valence-electron chi connectivity index (χ1n) is 4.71. The van der Waals surface area contributed by atoms with Gasteiger partial charge in [0, 0.05) is 12.2 Å². The van der Waals surface area contributed by atoms with Gasteiger partial charge in [0.15, 0.2) is 5.16 Å². The molecule has 1 aromatic rings. The zero-order chi connectivity index (χ0) is 9.26. The van der Waals surface area contributed by atoms with Crippen LogP contribution in [0.15, 0.2) is 17.8 Å². The van der Waals surface area contributed by atoms with Gasteiger partial charge in [0.25, 0.3) is 0 Å². The number of rotatable bonds is 2. The molecule has 13 heavy (non-hydrogen) atoms. The third-order valence-electron chi connectivity index (χ3n) is 2.52. The van der Waals surface area contributed by atoms with E-state index in [1.807, 2.05) is 6.08 Å². The number of thiol groups is 1. The van der Waals surface area contributed by atoms with Gasteiger partial charge in [-0.1, -0.05) is 6.08 Å². The van der Waals surface area contributed by atoms with E-state index in [9.17, 15) is 0 Å². The minimum Gasteiger partial charge on any atom is -0.319 e. The van der Waals surface area contributed by atoms with Gasteiger partial charge in [0.05, 0.1) is 5.69 Å². The van der Waals surface area contributed by atoms with E-state index in [4.69, 9.17) is 0 Å². The van der Waals surface area contributed by atoms with E-state index in [0.717, 1.165) is 24.5 Å². The van der Waals surface area contributed by atoms with Crippen LogP contribution >= 0.6 is 12.6 Å². The molecule has 0 bridgehead atoms. The van der Waals surface area contributed by atoms with Gasteiger partial charge in [-0.2, -0.15) is 0 Å². The second-order valence-corrected chi connectivity index (χ2v) is 3.81. The lowest BCUT2D eigenvalue weighted by molar-refractivity contribution is 0.619. The SMILES string of the molecule is C=CCn1c(S)nc2c1CCCC2. The van der Waals surface area contributed by atoms with Crippen LogP contribution in [-0.2, 0) is 19.4 Å². The molecule has 0 fully saturated rings. The average molecular weight is 194 g/mol. The average Bonchev–Trinajstić information content (AvgIpc) is 2.44. The van der Waals surface area contributed by atoms with Gasteiger partial charge in [-0.3, -0.25) is 0 Å². The van der Waals surface area contributed by atoms with Crippen LogP contribution in [0, 0.1) is 0 Å². The zero-order valence-corrected chi connectivity index (χ0v) is 8.56. The van der Waals surface area contributed by atoms with Gasteiger partial charge in [-0.25, -0.2) is 4.98 Å². The number of allylic oxidation sites excluding steroid dienone is 1. The molecule has 0 saturated heterocycles. The van der Waals surface area contributed by atoms with Gasteiger partial charge in [-0.05, 0) is 25.7 Å². The molecule has 2 rings (SSSR count). The molecule has 0 saturated carbocycles. The third-order valence-corrected chi connectivity index (χ3v) is 2.87. The van der Waals surface area contributed by atoms with Crippen molar-refractivity contribution in [1.29, 1.82) is 0 Å². The van der Waals surface area contributed by atoms with Crippen LogP contribution < -0.4 is 0 Å². The molecule has 1 aromatic heterocycles. The molecular formula is C10H14N2S. The monoisotopic (exact) mass is 194 g/mol. The lowest BCUT2D eigenvalue weighted by Crippen LogP contribution is -2.07. The fourth-order valence-corrected chi connectivity index (χ4v) is 2.23. The smallest absolute Gasteiger partial charge is 0.165 e. The summed E-state index contributed by atoms with van der Waals surface area (Å²) in [6, 6.07) is 0. The lowest BCUT2D eigenvalue weighted by atomic mass is 10.0. The second-order valence-electron chi connectivity index (χ2n) is 3.41. The Morgan fingerprint density at radius 3 is 3.00 bits per heavy atom. The highest BCUT2D eigenvalue weighted by molar-refractivity contribution is 7.80. The molecule has 0 amide bonds. The number of nitrogens with zero attached hydrogens (tertiary/aromatic N) is 2. The Hall–Kier alpha value is -0.700. The van der Waals surface area contributed by atoms with E-state index < -0.39 is 0 Å². The van der Waals surface area contributed by atoms with E-state index in [2.05, 4.69) is 28.8 Å². The molecule has 0 aromatic carbocycles. The highest BCUT2D eigenvalue weighted by Crippen LogP contribution is 2.23. The summed E-state index contributed by atoms with van der Waals surface area (Å²) in [6.45, 7) is 4.58. The highest BCUT2D eigenvalue weighted by Gasteiger charge is 2.17. The molecule has 0 N–H and O–H groups in total. The van der Waals surface area contributed by atoms with Crippen LogP contribution in [0.4, 0.5) is 0 Å². The van der Waals surface area contributed by atoms with E-state index in [1.165, 1.54) is 24.2 Å². The third kappa shape index (κ3) is 1.53. The topological polar surface area (TPSA) is 17.8 Å². The molecule has 0 unspecified atom stereocenters. The van der Waals surface area contributed by atoms with Crippen LogP contribution in [0.3, 0.4) is 0 Å². The Morgan fingerprint density at radius 2 is 2.23 bits per heavy atom. The van der Waals surface area contributed by atoms with Crippen molar-refractivity contribution in [3.05, 3.63) is 24.0 Å². The van der Waals surface area contributed by atoms with Crippen molar-refractivity contribution in [2.45, 2.75) is 37.4 Å². The maximum absolute atomic E-state index is 4.45. The molecule has 3 heteroatoms. The Balaban J connectivity index is 2.41. The molecule has 0 radical (unpaired) electrons. The van der Waals surface area contributed by atoms with Crippen molar-refractivity contribution in [2.75, 3.05) is 0 Å². The molecular weight excluding hydrogens is 180 g/mol. The fourth-order valence-electron chi connectivity index (χ4n) is 1.91. The first kappa shape index (κ1) is 8.88. The fraction of sp³-hybridized carbons (Fsp3) is 0.500. The van der Waals surface area contributed by atoms with Crippen molar-refractivity contribution in [2.24, 2.45) is 0 Å². The van der Waals surface area contributed by atoms with E-state index in [1.54, 1.807) is 0 Å². The predicted molar refractivity (Wildman–Crippen MR) is 56.3 cm³/mol. The molecule has 0 spiro atoms. The standard InChI is InChI=1S/C10H14N2S/c1-2-7-12-9-6-4-3-5-8(9)11-10(12)13/h2H,1,3-7H2,(H,11,13). The van der Waals surface area contributed by atoms with Crippen molar-refractivity contribution >= 4 is 12.6 Å². The van der Waals surface area contributed by atoms with E-state index >= 15 is 0 Å². The van der Waals surface area contributed by atoms with Gasteiger partial charge in [0.1, 0.15) is 0 Å². The maximum Gasteiger partial charge on any atom is 0.165 e. The van der Waals surface area contributed by atoms with Gasteiger partial charge < -0.3 is 4.57 Å². The number of imidazole rings is 1. The maximum atomic E-state index is 4.45. The van der Waals surface area contributed by atoms with Crippen LogP contribution in [0.5, 0.6) is 0 Å². The summed E-state index contributed by atoms with van der Waals surface area (Å²) in [6.07, 6.45) is 6.72. The quantitative estimate of drug-likeness (QED) is 0.564. The summed E-state index contributed by atoms with van der Waals surface area (Å²) in [5.41, 5.74) is 2.62. The van der Waals surface area contributed by atoms with E-state index in [0.29, 0.717) is 0 Å². The second kappa shape index (κ2) is 3.58. The summed E-state index contributed by atoms with van der Waals surface area (Å²) in [5, 5.41) is 0.840. The summed E-state index contributed by atoms with van der Waals surface area (Å²) in [7, 11) is 0. The van der Waals surface area contributed by atoms with Crippen LogP contribution in [0.25, 0.3) is 0 Å².